The Bertz CT molecular complexity index is 926. The summed E-state index contributed by atoms with van der Waals surface area (Å²) in [6.45, 7) is 6.20. The van der Waals surface area contributed by atoms with E-state index in [-0.39, 0.29) is 5.91 Å². The number of hydrogen-bond donors (Lipinski definition) is 1. The minimum Gasteiger partial charge on any atom is -0.318 e. The molecule has 5 heteroatoms. The Morgan fingerprint density at radius 3 is 2.68 bits per heavy atom. The Morgan fingerprint density at radius 1 is 1.16 bits per heavy atom. The third kappa shape index (κ3) is 3.50. The first-order chi connectivity index (χ1) is 12.1. The Kier molecular flexibility index (Phi) is 4.75. The van der Waals surface area contributed by atoms with Crippen LogP contribution >= 0.6 is 0 Å². The molecule has 0 atom stereocenters. The predicted molar refractivity (Wildman–Crippen MR) is 99.3 cm³/mol. The molecule has 2 heterocycles. The lowest BCUT2D eigenvalue weighted by Gasteiger charge is -2.12. The van der Waals surface area contributed by atoms with Gasteiger partial charge in [0.25, 0.3) is 5.91 Å². The molecule has 2 aromatic heterocycles. The fourth-order valence-corrected chi connectivity index (χ4v) is 2.83. The molecule has 126 valence electrons. The summed E-state index contributed by atoms with van der Waals surface area (Å²) < 4.78 is 2.19. The number of nitrogens with zero attached hydrogens (tertiary/aromatic N) is 3. The van der Waals surface area contributed by atoms with Crippen LogP contribution in [0.3, 0.4) is 0 Å². The second kappa shape index (κ2) is 7.13. The minimum atomic E-state index is -0.280. The average Bonchev–Trinajstić information content (AvgIpc) is 2.90. The van der Waals surface area contributed by atoms with Crippen LogP contribution in [0.15, 0.2) is 60.0 Å². The van der Waals surface area contributed by atoms with Gasteiger partial charge in [0.2, 0.25) is 0 Å². The number of amides is 1. The van der Waals surface area contributed by atoms with Crippen molar-refractivity contribution in [2.45, 2.75) is 20.8 Å². The van der Waals surface area contributed by atoms with Crippen LogP contribution < -0.4 is 5.43 Å². The van der Waals surface area contributed by atoms with E-state index in [4.69, 9.17) is 0 Å². The van der Waals surface area contributed by atoms with Gasteiger partial charge in [0.15, 0.2) is 0 Å². The van der Waals surface area contributed by atoms with E-state index in [1.807, 2.05) is 19.1 Å². The molecular formula is C20H20N4O. The molecule has 1 amide bonds. The van der Waals surface area contributed by atoms with E-state index < -0.39 is 0 Å². The molecule has 0 aliphatic carbocycles. The molecule has 0 fully saturated rings. The molecule has 25 heavy (non-hydrogen) atoms. The number of pyridine rings is 1. The highest BCUT2D eigenvalue weighted by Gasteiger charge is 2.11. The molecule has 0 unspecified atom stereocenters. The monoisotopic (exact) mass is 332 g/mol. The van der Waals surface area contributed by atoms with Gasteiger partial charge in [-0.2, -0.15) is 5.10 Å². The van der Waals surface area contributed by atoms with E-state index in [1.165, 1.54) is 11.8 Å². The molecule has 0 spiro atoms. The summed E-state index contributed by atoms with van der Waals surface area (Å²) in [5.41, 5.74) is 8.53. The smallest absolute Gasteiger partial charge is 0.272 e. The molecule has 0 saturated heterocycles. The van der Waals surface area contributed by atoms with E-state index in [9.17, 15) is 4.79 Å². The molecule has 5 nitrogen and oxygen atoms in total. The summed E-state index contributed by atoms with van der Waals surface area (Å²) in [7, 11) is 0. The van der Waals surface area contributed by atoms with Crippen molar-refractivity contribution < 1.29 is 4.79 Å². The van der Waals surface area contributed by atoms with Crippen molar-refractivity contribution in [3.63, 3.8) is 0 Å². The molecule has 1 aromatic carbocycles. The summed E-state index contributed by atoms with van der Waals surface area (Å²) in [5.74, 6) is -0.280. The molecule has 0 aliphatic heterocycles. The number of aromatic nitrogens is 2. The van der Waals surface area contributed by atoms with Crippen molar-refractivity contribution in [2.75, 3.05) is 0 Å². The van der Waals surface area contributed by atoms with E-state index in [1.54, 1.807) is 24.5 Å². The van der Waals surface area contributed by atoms with Crippen LogP contribution in [-0.2, 0) is 0 Å². The van der Waals surface area contributed by atoms with E-state index in [0.29, 0.717) is 5.56 Å². The van der Waals surface area contributed by atoms with Gasteiger partial charge in [-0.1, -0.05) is 18.2 Å². The van der Waals surface area contributed by atoms with Crippen molar-refractivity contribution >= 4 is 12.1 Å². The molecule has 3 rings (SSSR count). The normalized spacial score (nSPS) is 11.0. The maximum absolute atomic E-state index is 12.0. The van der Waals surface area contributed by atoms with Gasteiger partial charge in [0.1, 0.15) is 0 Å². The zero-order chi connectivity index (χ0) is 17.8. The lowest BCUT2D eigenvalue weighted by Crippen LogP contribution is -2.17. The number of carbonyl (C=O) groups is 1. The topological polar surface area (TPSA) is 59.3 Å². The predicted octanol–water partition coefficient (Wildman–Crippen LogP) is 3.56. The van der Waals surface area contributed by atoms with Gasteiger partial charge < -0.3 is 4.57 Å². The quantitative estimate of drug-likeness (QED) is 0.586. The molecule has 1 N–H and O–H groups in total. The first kappa shape index (κ1) is 16.6. The number of hydrogen-bond acceptors (Lipinski definition) is 3. The third-order valence-corrected chi connectivity index (χ3v) is 4.12. The molecule has 0 saturated carbocycles. The van der Waals surface area contributed by atoms with Crippen molar-refractivity contribution in [2.24, 2.45) is 5.10 Å². The second-order valence-corrected chi connectivity index (χ2v) is 5.89. The summed E-state index contributed by atoms with van der Waals surface area (Å²) >= 11 is 0. The molecule has 0 radical (unpaired) electrons. The number of benzene rings is 1. The van der Waals surface area contributed by atoms with Crippen LogP contribution in [-0.4, -0.2) is 21.7 Å². The fraction of sp³-hybridized carbons (Fsp3) is 0.150. The van der Waals surface area contributed by atoms with Crippen LogP contribution in [0.4, 0.5) is 0 Å². The lowest BCUT2D eigenvalue weighted by atomic mass is 10.2. The molecule has 0 bridgehead atoms. The average molecular weight is 332 g/mol. The minimum absolute atomic E-state index is 0.280. The highest BCUT2D eigenvalue weighted by Crippen LogP contribution is 2.22. The Morgan fingerprint density at radius 2 is 1.96 bits per heavy atom. The first-order valence-electron chi connectivity index (χ1n) is 8.06. The summed E-state index contributed by atoms with van der Waals surface area (Å²) in [6.07, 6.45) is 4.81. The van der Waals surface area contributed by atoms with Gasteiger partial charge >= 0.3 is 0 Å². The van der Waals surface area contributed by atoms with Gasteiger partial charge in [0.05, 0.1) is 11.8 Å². The summed E-state index contributed by atoms with van der Waals surface area (Å²) in [6, 6.07) is 13.7. The third-order valence-electron chi connectivity index (χ3n) is 4.12. The maximum Gasteiger partial charge on any atom is 0.272 e. The lowest BCUT2D eigenvalue weighted by molar-refractivity contribution is 0.0955. The van der Waals surface area contributed by atoms with Gasteiger partial charge in [0, 0.05) is 35.0 Å². The van der Waals surface area contributed by atoms with Crippen LogP contribution in [0.5, 0.6) is 0 Å². The maximum atomic E-state index is 12.0. The van der Waals surface area contributed by atoms with Gasteiger partial charge in [-0.3, -0.25) is 9.78 Å². The number of nitrogens with one attached hydrogen (secondary N) is 1. The second-order valence-electron chi connectivity index (χ2n) is 5.89. The van der Waals surface area contributed by atoms with Gasteiger partial charge in [-0.15, -0.1) is 0 Å². The Hall–Kier alpha value is -3.21. The highest BCUT2D eigenvalue weighted by atomic mass is 16.2. The summed E-state index contributed by atoms with van der Waals surface area (Å²) in [4.78, 5) is 15.9. The molecular weight excluding hydrogens is 312 g/mol. The zero-order valence-corrected chi connectivity index (χ0v) is 14.5. The largest absolute Gasteiger partial charge is 0.318 e. The van der Waals surface area contributed by atoms with Gasteiger partial charge in [-0.05, 0) is 50.6 Å². The van der Waals surface area contributed by atoms with Crippen LogP contribution in [0.25, 0.3) is 5.69 Å². The fourth-order valence-electron chi connectivity index (χ4n) is 2.83. The number of hydrazone groups is 1. The van der Waals surface area contributed by atoms with Crippen molar-refractivity contribution in [1.82, 2.24) is 15.0 Å². The number of para-hydroxylation sites is 1. The summed E-state index contributed by atoms with van der Waals surface area (Å²) in [5, 5.41) is 4.08. The van der Waals surface area contributed by atoms with Crippen LogP contribution in [0.1, 0.15) is 32.9 Å². The number of carbonyl (C=O) groups excluding carboxylic acids is 1. The molecule has 0 aliphatic rings. The first-order valence-corrected chi connectivity index (χ1v) is 8.06. The zero-order valence-electron chi connectivity index (χ0n) is 14.5. The standard InChI is InChI=1S/C20H20N4O/c1-14-7-4-5-9-19(14)24-15(2)11-18(16(24)3)13-22-23-20(25)17-8-6-10-21-12-17/h4-13H,1-3H3,(H,23,25). The highest BCUT2D eigenvalue weighted by molar-refractivity contribution is 5.94. The number of aryl methyl sites for hydroxylation is 2. The molecule has 3 aromatic rings. The van der Waals surface area contributed by atoms with Crippen molar-refractivity contribution in [3.05, 3.63) is 82.9 Å². The van der Waals surface area contributed by atoms with E-state index >= 15 is 0 Å². The SMILES string of the molecule is Cc1ccccc1-n1c(C)cc(C=NNC(=O)c2cccnc2)c1C. The van der Waals surface area contributed by atoms with Crippen molar-refractivity contribution in [3.8, 4) is 5.69 Å². The number of rotatable bonds is 4. The van der Waals surface area contributed by atoms with E-state index in [2.05, 4.69) is 52.1 Å². The van der Waals surface area contributed by atoms with E-state index in [0.717, 1.165) is 22.6 Å². The van der Waals surface area contributed by atoms with Crippen LogP contribution in [0, 0.1) is 20.8 Å². The van der Waals surface area contributed by atoms with Gasteiger partial charge in [-0.25, -0.2) is 5.43 Å². The van der Waals surface area contributed by atoms with Crippen molar-refractivity contribution in [1.29, 1.82) is 0 Å². The van der Waals surface area contributed by atoms with Crippen LogP contribution in [0.2, 0.25) is 0 Å². The Labute approximate surface area is 147 Å². The Balaban J connectivity index is 1.82.